The molecule has 3 aromatic carbocycles. The molecular weight excluding hydrogens is 496 g/mol. The van der Waals surface area contributed by atoms with Gasteiger partial charge in [0.2, 0.25) is 0 Å². The lowest BCUT2D eigenvalue weighted by atomic mass is 9.85. The fourth-order valence-electron chi connectivity index (χ4n) is 5.24. The van der Waals surface area contributed by atoms with Crippen LogP contribution in [-0.2, 0) is 17.5 Å². The lowest BCUT2D eigenvalue weighted by Gasteiger charge is -2.44. The van der Waals surface area contributed by atoms with Crippen molar-refractivity contribution in [3.05, 3.63) is 78.4 Å². The molecule has 3 aromatic rings. The molecule has 1 unspecified atom stereocenters. The van der Waals surface area contributed by atoms with Crippen molar-refractivity contribution >= 4 is 34.1 Å². The van der Waals surface area contributed by atoms with Gasteiger partial charge in [0.25, 0.3) is 0 Å². The molecule has 0 saturated carbocycles. The maximum Gasteiger partial charge on any atom is 0.130 e. The van der Waals surface area contributed by atoms with Crippen LogP contribution < -0.4 is 9.64 Å². The van der Waals surface area contributed by atoms with Gasteiger partial charge in [-0.15, -0.1) is 11.8 Å². The molecule has 1 aliphatic heterocycles. The van der Waals surface area contributed by atoms with E-state index in [1.165, 1.54) is 4.90 Å². The predicted octanol–water partition coefficient (Wildman–Crippen LogP) is 8.21. The summed E-state index contributed by atoms with van der Waals surface area (Å²) in [5, 5.41) is 0. The van der Waals surface area contributed by atoms with Crippen LogP contribution in [0, 0.1) is 0 Å². The molecule has 198 valence electrons. The summed E-state index contributed by atoms with van der Waals surface area (Å²) in [5.41, 5.74) is 3.14. The third kappa shape index (κ3) is 6.24. The number of hydrogen-bond donors (Lipinski definition) is 0. The van der Waals surface area contributed by atoms with Crippen LogP contribution in [0.25, 0.3) is 0 Å². The van der Waals surface area contributed by atoms with Gasteiger partial charge in [-0.05, 0) is 67.1 Å². The number of ether oxygens (including phenoxy) is 1. The molecule has 1 heterocycles. The van der Waals surface area contributed by atoms with Crippen LogP contribution in [0.3, 0.4) is 0 Å². The van der Waals surface area contributed by atoms with Gasteiger partial charge in [0, 0.05) is 23.7 Å². The molecule has 0 amide bonds. The van der Waals surface area contributed by atoms with Crippen molar-refractivity contribution in [1.29, 1.82) is 0 Å². The van der Waals surface area contributed by atoms with Crippen molar-refractivity contribution in [2.45, 2.75) is 74.2 Å². The molecule has 0 saturated heterocycles. The molecule has 37 heavy (non-hydrogen) atoms. The minimum absolute atomic E-state index is 0.231. The standard InChI is InChI=1S/C31H40N2O2S2/c1-5-7-20-31(21-8-6-2)24-32(26-12-10-9-11-13-26)29-22-28(36-4)18-19-30(29)37(34)33(31)23-25-14-16-27(35-3)17-15-25/h9-19,22H,5-8,20-21,23-24H2,1-4H3. The number of thioether (sulfide) groups is 1. The second-order valence-corrected chi connectivity index (χ2v) is 12.1. The van der Waals surface area contributed by atoms with Gasteiger partial charge in [-0.25, -0.2) is 8.51 Å². The number of unbranched alkanes of at least 4 members (excludes halogenated alkanes) is 2. The Kier molecular flexibility index (Phi) is 9.74. The van der Waals surface area contributed by atoms with Crippen molar-refractivity contribution < 1.29 is 8.95 Å². The highest BCUT2D eigenvalue weighted by molar-refractivity contribution is 7.98. The minimum atomic E-state index is -1.31. The Labute approximate surface area is 230 Å². The number of hydrogen-bond acceptors (Lipinski definition) is 4. The molecule has 0 radical (unpaired) electrons. The lowest BCUT2D eigenvalue weighted by Crippen LogP contribution is -2.54. The van der Waals surface area contributed by atoms with E-state index in [1.807, 2.05) is 12.1 Å². The monoisotopic (exact) mass is 536 g/mol. The highest BCUT2D eigenvalue weighted by Crippen LogP contribution is 2.44. The van der Waals surface area contributed by atoms with Gasteiger partial charge in [0.05, 0.1) is 23.2 Å². The first-order chi connectivity index (χ1) is 18.0. The Morgan fingerprint density at radius 3 is 2.22 bits per heavy atom. The topological polar surface area (TPSA) is 32.8 Å². The van der Waals surface area contributed by atoms with Crippen molar-refractivity contribution in [3.8, 4) is 5.75 Å². The molecule has 1 aliphatic rings. The SMILES string of the molecule is CCCCC1(CCCC)CN(c2ccccc2)c2cc(SC)ccc2S(=O)N1Cc1ccc(OC)cc1. The van der Waals surface area contributed by atoms with E-state index in [0.717, 1.165) is 72.7 Å². The normalized spacial score (nSPS) is 17.3. The lowest BCUT2D eigenvalue weighted by molar-refractivity contribution is 0.160. The summed E-state index contributed by atoms with van der Waals surface area (Å²) in [6.45, 7) is 5.95. The molecule has 4 rings (SSSR count). The molecule has 4 nitrogen and oxygen atoms in total. The number of fused-ring (bicyclic) bond motifs is 1. The summed E-state index contributed by atoms with van der Waals surface area (Å²) in [7, 11) is 0.384. The quantitative estimate of drug-likeness (QED) is 0.231. The van der Waals surface area contributed by atoms with E-state index in [2.05, 4.69) is 90.0 Å². The molecule has 0 bridgehead atoms. The van der Waals surface area contributed by atoms with Crippen LogP contribution in [0.15, 0.2) is 82.6 Å². The Hall–Kier alpha value is -2.28. The largest absolute Gasteiger partial charge is 0.497 e. The smallest absolute Gasteiger partial charge is 0.130 e. The molecule has 0 aliphatic carbocycles. The van der Waals surface area contributed by atoms with E-state index < -0.39 is 11.0 Å². The highest BCUT2D eigenvalue weighted by Gasteiger charge is 2.44. The second-order valence-electron chi connectivity index (χ2n) is 9.82. The maximum absolute atomic E-state index is 14.7. The van der Waals surface area contributed by atoms with Gasteiger partial charge in [-0.2, -0.15) is 0 Å². The number of anilines is 2. The first-order valence-corrected chi connectivity index (χ1v) is 15.7. The van der Waals surface area contributed by atoms with Gasteiger partial charge < -0.3 is 9.64 Å². The van der Waals surface area contributed by atoms with Gasteiger partial charge in [-0.1, -0.05) is 69.9 Å². The third-order valence-corrected chi connectivity index (χ3v) is 9.73. The third-order valence-electron chi connectivity index (χ3n) is 7.37. The number of nitrogens with zero attached hydrogens (tertiary/aromatic N) is 2. The number of para-hydroxylation sites is 1. The number of rotatable bonds is 11. The Morgan fingerprint density at radius 2 is 1.62 bits per heavy atom. The first kappa shape index (κ1) is 27.7. The molecule has 0 aromatic heterocycles. The average Bonchev–Trinajstić information content (AvgIpc) is 3.05. The zero-order valence-electron chi connectivity index (χ0n) is 22.6. The van der Waals surface area contributed by atoms with Gasteiger partial charge in [-0.3, -0.25) is 0 Å². The van der Waals surface area contributed by atoms with Crippen LogP contribution in [-0.4, -0.2) is 34.0 Å². The zero-order chi connectivity index (χ0) is 26.3. The first-order valence-electron chi connectivity index (χ1n) is 13.4. The van der Waals surface area contributed by atoms with Gasteiger partial charge >= 0.3 is 0 Å². The second kappa shape index (κ2) is 13.0. The van der Waals surface area contributed by atoms with E-state index in [0.29, 0.717) is 6.54 Å². The van der Waals surface area contributed by atoms with Crippen LogP contribution in [0.4, 0.5) is 11.4 Å². The Bertz CT molecular complexity index is 1160. The zero-order valence-corrected chi connectivity index (χ0v) is 24.2. The molecule has 0 fully saturated rings. The van der Waals surface area contributed by atoms with Crippen LogP contribution >= 0.6 is 11.8 Å². The molecule has 6 heteroatoms. The predicted molar refractivity (Wildman–Crippen MR) is 158 cm³/mol. The number of methoxy groups -OCH3 is 1. The van der Waals surface area contributed by atoms with E-state index >= 15 is 0 Å². The molecule has 1 atom stereocenters. The Balaban J connectivity index is 1.89. The Morgan fingerprint density at radius 1 is 0.946 bits per heavy atom. The summed E-state index contributed by atoms with van der Waals surface area (Å²) in [6, 6.07) is 25.3. The van der Waals surface area contributed by atoms with Crippen molar-refractivity contribution in [2.75, 3.05) is 24.8 Å². The summed E-state index contributed by atoms with van der Waals surface area (Å²) in [5.74, 6) is 0.842. The highest BCUT2D eigenvalue weighted by atomic mass is 32.2. The summed E-state index contributed by atoms with van der Waals surface area (Å²) >= 11 is 1.73. The fourth-order valence-corrected chi connectivity index (χ4v) is 7.30. The summed E-state index contributed by atoms with van der Waals surface area (Å²) in [6.07, 6.45) is 8.57. The summed E-state index contributed by atoms with van der Waals surface area (Å²) < 4.78 is 22.4. The van der Waals surface area contributed by atoms with Crippen molar-refractivity contribution in [1.82, 2.24) is 4.31 Å². The van der Waals surface area contributed by atoms with Crippen molar-refractivity contribution in [2.24, 2.45) is 0 Å². The van der Waals surface area contributed by atoms with E-state index in [9.17, 15) is 4.21 Å². The van der Waals surface area contributed by atoms with Gasteiger partial charge in [0.1, 0.15) is 16.7 Å². The molecule has 0 N–H and O–H groups in total. The van der Waals surface area contributed by atoms with Crippen LogP contribution in [0.1, 0.15) is 57.9 Å². The van der Waals surface area contributed by atoms with E-state index in [4.69, 9.17) is 4.74 Å². The van der Waals surface area contributed by atoms with Crippen LogP contribution in [0.5, 0.6) is 5.75 Å². The molecular formula is C31H40N2O2S2. The summed E-state index contributed by atoms with van der Waals surface area (Å²) in [4.78, 5) is 4.52. The maximum atomic E-state index is 14.7. The molecule has 0 spiro atoms. The number of benzene rings is 3. The average molecular weight is 537 g/mol. The minimum Gasteiger partial charge on any atom is -0.497 e. The van der Waals surface area contributed by atoms with Gasteiger partial charge in [0.15, 0.2) is 0 Å². The van der Waals surface area contributed by atoms with Crippen LogP contribution in [0.2, 0.25) is 0 Å². The van der Waals surface area contributed by atoms with E-state index in [-0.39, 0.29) is 5.54 Å². The van der Waals surface area contributed by atoms with Crippen molar-refractivity contribution in [3.63, 3.8) is 0 Å². The fraction of sp³-hybridized carbons (Fsp3) is 0.419. The van der Waals surface area contributed by atoms with E-state index in [1.54, 1.807) is 18.9 Å².